The molecule has 2 N–H and O–H groups in total. The normalized spacial score (nSPS) is 9.76. The van der Waals surface area contributed by atoms with Crippen LogP contribution < -0.4 is 10.6 Å². The van der Waals surface area contributed by atoms with Gasteiger partial charge in [-0.05, 0) is 29.8 Å². The molecule has 0 aliphatic carbocycles. The average Bonchev–Trinajstić information content (AvgIpc) is 2.47. The first kappa shape index (κ1) is 14.5. The summed E-state index contributed by atoms with van der Waals surface area (Å²) < 4.78 is 13.2. The van der Waals surface area contributed by atoms with Gasteiger partial charge in [0.15, 0.2) is 0 Å². The summed E-state index contributed by atoms with van der Waals surface area (Å²) in [6, 6.07) is 13.5. The Balaban J connectivity index is 2.13. The van der Waals surface area contributed by atoms with E-state index in [-0.39, 0.29) is 11.5 Å². The topological polar surface area (TPSA) is 64.9 Å². The highest BCUT2D eigenvalue weighted by molar-refractivity contribution is 5.89. The molecule has 0 spiro atoms. The van der Waals surface area contributed by atoms with E-state index in [0.29, 0.717) is 12.2 Å². The van der Waals surface area contributed by atoms with Gasteiger partial charge in [0.25, 0.3) is 0 Å². The van der Waals surface area contributed by atoms with Crippen molar-refractivity contribution < 1.29 is 9.18 Å². The molecule has 2 aromatic rings. The van der Waals surface area contributed by atoms with Crippen molar-refractivity contribution in [3.8, 4) is 6.07 Å². The summed E-state index contributed by atoms with van der Waals surface area (Å²) in [5, 5.41) is 14.7. The molecule has 0 unspecified atom stereocenters. The fraction of sp³-hybridized carbons (Fsp3) is 0.125. The summed E-state index contributed by atoms with van der Waals surface area (Å²) in [7, 11) is 0. The van der Waals surface area contributed by atoms with Crippen molar-refractivity contribution in [2.75, 3.05) is 10.6 Å². The van der Waals surface area contributed by atoms with Crippen molar-refractivity contribution in [1.29, 1.82) is 5.26 Å². The molecule has 1 amide bonds. The van der Waals surface area contributed by atoms with E-state index in [1.54, 1.807) is 12.1 Å². The minimum Gasteiger partial charge on any atom is -0.381 e. The summed E-state index contributed by atoms with van der Waals surface area (Å²) in [5.74, 6) is -0.683. The molecule has 0 saturated heterocycles. The number of hydrogen-bond donors (Lipinski definition) is 2. The van der Waals surface area contributed by atoms with E-state index < -0.39 is 5.82 Å². The quantitative estimate of drug-likeness (QED) is 0.905. The van der Waals surface area contributed by atoms with E-state index in [4.69, 9.17) is 5.26 Å². The summed E-state index contributed by atoms with van der Waals surface area (Å²) in [4.78, 5) is 11.2. The molecule has 5 heteroatoms. The van der Waals surface area contributed by atoms with Crippen LogP contribution in [0.1, 0.15) is 18.1 Å². The Kier molecular flexibility index (Phi) is 4.52. The second-order valence-electron chi connectivity index (χ2n) is 4.50. The number of halogens is 1. The molecule has 106 valence electrons. The van der Waals surface area contributed by atoms with E-state index in [9.17, 15) is 9.18 Å². The zero-order valence-electron chi connectivity index (χ0n) is 11.5. The minimum atomic E-state index is -0.540. The van der Waals surface area contributed by atoms with Gasteiger partial charge in [0.05, 0.1) is 5.56 Å². The van der Waals surface area contributed by atoms with E-state index in [1.165, 1.54) is 19.1 Å². The molecule has 0 aliphatic rings. The molecule has 0 fully saturated rings. The number of benzene rings is 2. The molecule has 0 aliphatic heterocycles. The Morgan fingerprint density at radius 3 is 2.76 bits per heavy atom. The van der Waals surface area contributed by atoms with Crippen LogP contribution in [0.5, 0.6) is 0 Å². The number of carbonyl (C=O) groups excluding carboxylic acids is 1. The number of amides is 1. The number of para-hydroxylation sites is 1. The number of nitrogens with zero attached hydrogens (tertiary/aromatic N) is 1. The monoisotopic (exact) mass is 283 g/mol. The lowest BCUT2D eigenvalue weighted by molar-refractivity contribution is -0.114. The highest BCUT2D eigenvalue weighted by Crippen LogP contribution is 2.19. The lowest BCUT2D eigenvalue weighted by atomic mass is 10.1. The van der Waals surface area contributed by atoms with Gasteiger partial charge in [0.1, 0.15) is 11.9 Å². The van der Waals surface area contributed by atoms with Crippen molar-refractivity contribution in [3.05, 3.63) is 59.4 Å². The van der Waals surface area contributed by atoms with Crippen LogP contribution in [-0.4, -0.2) is 5.91 Å². The van der Waals surface area contributed by atoms with Crippen LogP contribution in [0.15, 0.2) is 42.5 Å². The summed E-state index contributed by atoms with van der Waals surface area (Å²) in [5.41, 5.74) is 2.26. The van der Waals surface area contributed by atoms with E-state index in [2.05, 4.69) is 10.6 Å². The van der Waals surface area contributed by atoms with Crippen molar-refractivity contribution in [1.82, 2.24) is 0 Å². The predicted octanol–water partition coefficient (Wildman–Crippen LogP) is 3.27. The molecule has 0 atom stereocenters. The van der Waals surface area contributed by atoms with Gasteiger partial charge in [-0.15, -0.1) is 0 Å². The zero-order valence-corrected chi connectivity index (χ0v) is 11.5. The van der Waals surface area contributed by atoms with Crippen LogP contribution in [0.2, 0.25) is 0 Å². The van der Waals surface area contributed by atoms with Gasteiger partial charge in [-0.2, -0.15) is 5.26 Å². The van der Waals surface area contributed by atoms with Crippen molar-refractivity contribution >= 4 is 17.3 Å². The predicted molar refractivity (Wildman–Crippen MR) is 79.2 cm³/mol. The van der Waals surface area contributed by atoms with Crippen LogP contribution >= 0.6 is 0 Å². The highest BCUT2D eigenvalue weighted by Gasteiger charge is 2.05. The first-order valence-corrected chi connectivity index (χ1v) is 6.39. The largest absolute Gasteiger partial charge is 0.381 e. The Morgan fingerprint density at radius 1 is 1.29 bits per heavy atom. The number of anilines is 2. The molecule has 4 nitrogen and oxygen atoms in total. The maximum Gasteiger partial charge on any atom is 0.221 e. The Labute approximate surface area is 122 Å². The Bertz CT molecular complexity index is 707. The second-order valence-corrected chi connectivity index (χ2v) is 4.50. The first-order valence-electron chi connectivity index (χ1n) is 6.39. The maximum absolute atomic E-state index is 13.2. The first-order chi connectivity index (χ1) is 10.1. The summed E-state index contributed by atoms with van der Waals surface area (Å²) in [6.45, 7) is 1.90. The van der Waals surface area contributed by atoms with Crippen LogP contribution in [0.25, 0.3) is 0 Å². The number of hydrogen-bond acceptors (Lipinski definition) is 3. The van der Waals surface area contributed by atoms with Gasteiger partial charge in [-0.25, -0.2) is 4.39 Å². The third-order valence-corrected chi connectivity index (χ3v) is 2.90. The Hall–Kier alpha value is -2.87. The zero-order chi connectivity index (χ0) is 15.2. The van der Waals surface area contributed by atoms with Crippen LogP contribution in [0.3, 0.4) is 0 Å². The molecule has 0 aromatic heterocycles. The molecular formula is C16H14FN3O. The number of rotatable bonds is 4. The molecule has 21 heavy (non-hydrogen) atoms. The molecule has 2 rings (SSSR count). The smallest absolute Gasteiger partial charge is 0.221 e. The number of nitriles is 1. The SMILES string of the molecule is CC(=O)Nc1ccccc1CNc1ccc(F)c(C#N)c1. The maximum atomic E-state index is 13.2. The van der Waals surface area contributed by atoms with Crippen molar-refractivity contribution in [2.45, 2.75) is 13.5 Å². The fourth-order valence-electron chi connectivity index (χ4n) is 1.90. The van der Waals surface area contributed by atoms with Crippen molar-refractivity contribution in [3.63, 3.8) is 0 Å². The molecule has 0 bridgehead atoms. The van der Waals surface area contributed by atoms with Gasteiger partial charge in [-0.1, -0.05) is 18.2 Å². The van der Waals surface area contributed by atoms with Crippen molar-refractivity contribution in [2.24, 2.45) is 0 Å². The average molecular weight is 283 g/mol. The Morgan fingerprint density at radius 2 is 2.05 bits per heavy atom. The third kappa shape index (κ3) is 3.80. The molecule has 0 saturated carbocycles. The van der Waals surface area contributed by atoms with Gasteiger partial charge in [0.2, 0.25) is 5.91 Å². The second kappa shape index (κ2) is 6.53. The fourth-order valence-corrected chi connectivity index (χ4v) is 1.90. The molecule has 0 radical (unpaired) electrons. The number of carbonyl (C=O) groups is 1. The third-order valence-electron chi connectivity index (χ3n) is 2.90. The van der Waals surface area contributed by atoms with Gasteiger partial charge in [-0.3, -0.25) is 4.79 Å². The summed E-state index contributed by atoms with van der Waals surface area (Å²) >= 11 is 0. The minimum absolute atomic E-state index is 0.00449. The summed E-state index contributed by atoms with van der Waals surface area (Å²) in [6.07, 6.45) is 0. The lowest BCUT2D eigenvalue weighted by Crippen LogP contribution is -2.10. The van der Waals surface area contributed by atoms with E-state index in [1.807, 2.05) is 24.3 Å². The van der Waals surface area contributed by atoms with Crippen LogP contribution in [0.4, 0.5) is 15.8 Å². The standard InChI is InChI=1S/C16H14FN3O/c1-11(21)20-16-5-3-2-4-12(16)10-19-14-6-7-15(17)13(8-14)9-18/h2-8,19H,10H2,1H3,(H,20,21). The van der Waals surface area contributed by atoms with Crippen LogP contribution in [-0.2, 0) is 11.3 Å². The van der Waals surface area contributed by atoms with Gasteiger partial charge in [0, 0.05) is 24.8 Å². The number of nitrogens with one attached hydrogen (secondary N) is 2. The molecule has 2 aromatic carbocycles. The highest BCUT2D eigenvalue weighted by atomic mass is 19.1. The van der Waals surface area contributed by atoms with E-state index >= 15 is 0 Å². The van der Waals surface area contributed by atoms with Gasteiger partial charge >= 0.3 is 0 Å². The lowest BCUT2D eigenvalue weighted by Gasteiger charge is -2.12. The molecular weight excluding hydrogens is 269 g/mol. The van der Waals surface area contributed by atoms with E-state index in [0.717, 1.165) is 11.3 Å². The van der Waals surface area contributed by atoms with Crippen LogP contribution in [0, 0.1) is 17.1 Å². The van der Waals surface area contributed by atoms with Gasteiger partial charge < -0.3 is 10.6 Å². The molecule has 0 heterocycles.